The molecule has 2 nitrogen and oxygen atoms in total. The Morgan fingerprint density at radius 2 is 1.94 bits per heavy atom. The highest BCUT2D eigenvalue weighted by atomic mass is 16.5. The van der Waals surface area contributed by atoms with Crippen molar-refractivity contribution in [3.8, 4) is 0 Å². The van der Waals surface area contributed by atoms with Crippen LogP contribution >= 0.6 is 0 Å². The second-order valence-electron chi connectivity index (χ2n) is 4.52. The van der Waals surface area contributed by atoms with Crippen LogP contribution in [0.4, 0.5) is 0 Å². The summed E-state index contributed by atoms with van der Waals surface area (Å²) in [5.74, 6) is -0.000574. The van der Waals surface area contributed by atoms with E-state index in [2.05, 4.69) is 32.9 Å². The summed E-state index contributed by atoms with van der Waals surface area (Å²) < 4.78 is 5.36. The lowest BCUT2D eigenvalue weighted by Gasteiger charge is -2.04. The Kier molecular flexibility index (Phi) is 8.82. The third-order valence-electron chi connectivity index (χ3n) is 2.25. The van der Waals surface area contributed by atoms with Crippen molar-refractivity contribution >= 4 is 6.29 Å². The van der Waals surface area contributed by atoms with Crippen molar-refractivity contribution in [1.29, 1.82) is 0 Å². The lowest BCUT2D eigenvalue weighted by molar-refractivity contribution is -0.112. The van der Waals surface area contributed by atoms with E-state index in [1.807, 2.05) is 6.92 Å². The summed E-state index contributed by atoms with van der Waals surface area (Å²) >= 11 is 0. The number of hydrogen-bond donors (Lipinski definition) is 0. The fourth-order valence-corrected chi connectivity index (χ4v) is 1.18. The second-order valence-corrected chi connectivity index (χ2v) is 4.52. The van der Waals surface area contributed by atoms with Crippen LogP contribution < -0.4 is 0 Å². The number of carbonyl (C=O) groups is 1. The van der Waals surface area contributed by atoms with Crippen LogP contribution in [0.3, 0.4) is 0 Å². The molecule has 0 amide bonds. The highest BCUT2D eigenvalue weighted by Crippen LogP contribution is 2.06. The lowest BCUT2D eigenvalue weighted by atomic mass is 10.1. The van der Waals surface area contributed by atoms with E-state index < -0.39 is 0 Å². The fraction of sp³-hybridized carbons (Fsp3) is 0.643. The van der Waals surface area contributed by atoms with E-state index in [0.717, 1.165) is 19.1 Å². The van der Waals surface area contributed by atoms with Crippen LogP contribution in [0.1, 0.15) is 40.5 Å². The first-order valence-electron chi connectivity index (χ1n) is 5.88. The molecule has 0 aliphatic heterocycles. The number of rotatable bonds is 8. The van der Waals surface area contributed by atoms with Gasteiger partial charge in [-0.3, -0.25) is 0 Å². The average Bonchev–Trinajstić information content (AvgIpc) is 2.23. The van der Waals surface area contributed by atoms with E-state index >= 15 is 0 Å². The van der Waals surface area contributed by atoms with Gasteiger partial charge in [0.25, 0.3) is 0 Å². The van der Waals surface area contributed by atoms with Crippen molar-refractivity contribution in [3.05, 3.63) is 23.3 Å². The van der Waals surface area contributed by atoms with Gasteiger partial charge in [-0.2, -0.15) is 0 Å². The Bertz CT molecular complexity index is 247. The minimum atomic E-state index is -0.000574. The molecule has 0 heterocycles. The molecule has 0 fully saturated rings. The summed E-state index contributed by atoms with van der Waals surface area (Å²) in [6.45, 7) is 9.33. The summed E-state index contributed by atoms with van der Waals surface area (Å²) in [5, 5.41) is 0. The summed E-state index contributed by atoms with van der Waals surface area (Å²) in [5.41, 5.74) is 2.71. The maximum atomic E-state index is 10.3. The molecule has 0 N–H and O–H groups in total. The molecule has 0 saturated heterocycles. The summed E-state index contributed by atoms with van der Waals surface area (Å²) in [6.07, 6.45) is 7.43. The van der Waals surface area contributed by atoms with Crippen molar-refractivity contribution in [2.45, 2.75) is 40.5 Å². The first-order valence-corrected chi connectivity index (χ1v) is 5.88. The third-order valence-corrected chi connectivity index (χ3v) is 2.25. The molecule has 0 bridgehead atoms. The van der Waals surface area contributed by atoms with Crippen LogP contribution in [-0.4, -0.2) is 19.5 Å². The topological polar surface area (TPSA) is 26.3 Å². The molecule has 92 valence electrons. The molecule has 0 aromatic rings. The van der Waals surface area contributed by atoms with E-state index in [1.165, 1.54) is 11.1 Å². The van der Waals surface area contributed by atoms with Gasteiger partial charge in [0.2, 0.25) is 0 Å². The van der Waals surface area contributed by atoms with Gasteiger partial charge in [0, 0.05) is 5.92 Å². The van der Waals surface area contributed by atoms with Gasteiger partial charge in [-0.1, -0.05) is 30.2 Å². The van der Waals surface area contributed by atoms with Crippen LogP contribution in [0.25, 0.3) is 0 Å². The zero-order chi connectivity index (χ0) is 12.4. The Morgan fingerprint density at radius 1 is 1.25 bits per heavy atom. The highest BCUT2D eigenvalue weighted by molar-refractivity contribution is 5.52. The van der Waals surface area contributed by atoms with Gasteiger partial charge in [0.1, 0.15) is 6.29 Å². The standard InChI is InChI=1S/C14H24O2/c1-12(2)6-5-7-13(3)8-9-16-11-14(4)10-15/h6,8,10,14H,5,7,9,11H2,1-4H3. The quantitative estimate of drug-likeness (QED) is 0.358. The lowest BCUT2D eigenvalue weighted by Crippen LogP contribution is -2.06. The van der Waals surface area contributed by atoms with E-state index in [4.69, 9.17) is 4.74 Å². The molecule has 0 aliphatic rings. The Morgan fingerprint density at radius 3 is 2.50 bits per heavy atom. The second kappa shape index (κ2) is 9.34. The van der Waals surface area contributed by atoms with E-state index in [0.29, 0.717) is 13.2 Å². The number of allylic oxidation sites excluding steroid dienone is 3. The van der Waals surface area contributed by atoms with Crippen LogP contribution in [0.2, 0.25) is 0 Å². The highest BCUT2D eigenvalue weighted by Gasteiger charge is 1.97. The van der Waals surface area contributed by atoms with Crippen molar-refractivity contribution in [2.24, 2.45) is 5.92 Å². The number of ether oxygens (including phenoxy) is 1. The summed E-state index contributed by atoms with van der Waals surface area (Å²) in [4.78, 5) is 10.3. The Balaban J connectivity index is 3.62. The van der Waals surface area contributed by atoms with Gasteiger partial charge < -0.3 is 9.53 Å². The molecule has 0 saturated carbocycles. The normalized spacial score (nSPS) is 13.4. The molecule has 1 unspecified atom stereocenters. The van der Waals surface area contributed by atoms with Crippen molar-refractivity contribution < 1.29 is 9.53 Å². The monoisotopic (exact) mass is 224 g/mol. The maximum Gasteiger partial charge on any atom is 0.125 e. The summed E-state index contributed by atoms with van der Waals surface area (Å²) in [6, 6.07) is 0. The smallest absolute Gasteiger partial charge is 0.125 e. The van der Waals surface area contributed by atoms with Crippen molar-refractivity contribution in [2.75, 3.05) is 13.2 Å². The van der Waals surface area contributed by atoms with Crippen LogP contribution in [0, 0.1) is 5.92 Å². The predicted molar refractivity (Wildman–Crippen MR) is 68.5 cm³/mol. The van der Waals surface area contributed by atoms with Crippen molar-refractivity contribution in [1.82, 2.24) is 0 Å². The van der Waals surface area contributed by atoms with Gasteiger partial charge in [0.05, 0.1) is 13.2 Å². The molecule has 0 rings (SSSR count). The number of hydrogen-bond acceptors (Lipinski definition) is 2. The molecule has 0 aromatic heterocycles. The minimum absolute atomic E-state index is 0.000574. The van der Waals surface area contributed by atoms with Crippen LogP contribution in [-0.2, 0) is 9.53 Å². The van der Waals surface area contributed by atoms with E-state index in [-0.39, 0.29) is 5.92 Å². The van der Waals surface area contributed by atoms with Gasteiger partial charge in [-0.05, 0) is 33.6 Å². The SMILES string of the molecule is CC(C)=CCCC(C)=CCOCC(C)C=O. The average molecular weight is 224 g/mol. The number of aldehydes is 1. The molecule has 1 atom stereocenters. The maximum absolute atomic E-state index is 10.3. The predicted octanol–water partition coefficient (Wildman–Crippen LogP) is 3.53. The van der Waals surface area contributed by atoms with Gasteiger partial charge in [-0.15, -0.1) is 0 Å². The van der Waals surface area contributed by atoms with Gasteiger partial charge in [0.15, 0.2) is 0 Å². The zero-order valence-corrected chi connectivity index (χ0v) is 11.0. The largest absolute Gasteiger partial charge is 0.377 e. The van der Waals surface area contributed by atoms with E-state index in [1.54, 1.807) is 0 Å². The molecular weight excluding hydrogens is 200 g/mol. The molecule has 2 heteroatoms. The molecular formula is C14H24O2. The van der Waals surface area contributed by atoms with E-state index in [9.17, 15) is 4.79 Å². The van der Waals surface area contributed by atoms with Crippen LogP contribution in [0.15, 0.2) is 23.3 Å². The Hall–Kier alpha value is -0.890. The van der Waals surface area contributed by atoms with Crippen LogP contribution in [0.5, 0.6) is 0 Å². The first kappa shape index (κ1) is 15.1. The number of carbonyl (C=O) groups excluding carboxylic acids is 1. The molecule has 16 heavy (non-hydrogen) atoms. The van der Waals surface area contributed by atoms with Crippen molar-refractivity contribution in [3.63, 3.8) is 0 Å². The zero-order valence-electron chi connectivity index (χ0n) is 11.0. The minimum Gasteiger partial charge on any atom is -0.377 e. The molecule has 0 aromatic carbocycles. The van der Waals surface area contributed by atoms with Gasteiger partial charge in [-0.25, -0.2) is 0 Å². The van der Waals surface area contributed by atoms with Gasteiger partial charge >= 0.3 is 0 Å². The first-order chi connectivity index (χ1) is 7.56. The fourth-order valence-electron chi connectivity index (χ4n) is 1.18. The molecule has 0 aliphatic carbocycles. The molecule has 0 spiro atoms. The third kappa shape index (κ3) is 9.66. The summed E-state index contributed by atoms with van der Waals surface area (Å²) in [7, 11) is 0. The Labute approximate surface area is 99.4 Å². The molecule has 0 radical (unpaired) electrons.